The van der Waals surface area contributed by atoms with Crippen LogP contribution >= 0.6 is 0 Å². The largest absolute Gasteiger partial charge is 0.493 e. The van der Waals surface area contributed by atoms with Crippen LogP contribution in [0.25, 0.3) is 16.9 Å². The molecule has 0 bridgehead atoms. The molecule has 1 aromatic carbocycles. The third kappa shape index (κ3) is 4.49. The molecule has 1 fully saturated rings. The summed E-state index contributed by atoms with van der Waals surface area (Å²) < 4.78 is 7.55. The summed E-state index contributed by atoms with van der Waals surface area (Å²) in [5.41, 5.74) is 6.19. The van der Waals surface area contributed by atoms with Gasteiger partial charge in [-0.15, -0.1) is 5.10 Å². The fraction of sp³-hybridized carbons (Fsp3) is 0.522. The molecule has 32 heavy (non-hydrogen) atoms. The van der Waals surface area contributed by atoms with E-state index in [9.17, 15) is 4.79 Å². The van der Waals surface area contributed by atoms with Crippen molar-refractivity contribution in [1.29, 1.82) is 0 Å². The molecule has 3 heterocycles. The summed E-state index contributed by atoms with van der Waals surface area (Å²) in [6.07, 6.45) is 1.69. The summed E-state index contributed by atoms with van der Waals surface area (Å²) in [6.45, 7) is 13.7. The van der Waals surface area contributed by atoms with E-state index in [1.165, 1.54) is 0 Å². The number of anilines is 1. The fourth-order valence-corrected chi connectivity index (χ4v) is 4.17. The van der Waals surface area contributed by atoms with Crippen LogP contribution in [-0.2, 0) is 6.42 Å². The van der Waals surface area contributed by atoms with Crippen molar-refractivity contribution >= 4 is 11.2 Å². The van der Waals surface area contributed by atoms with Gasteiger partial charge in [0.15, 0.2) is 11.3 Å². The number of hydrazine groups is 1. The van der Waals surface area contributed by atoms with Gasteiger partial charge in [0.05, 0.1) is 17.9 Å². The van der Waals surface area contributed by atoms with Crippen molar-refractivity contribution in [3.8, 4) is 17.1 Å². The monoisotopic (exact) mass is 439 g/mol. The minimum atomic E-state index is -0.196. The Morgan fingerprint density at radius 2 is 1.94 bits per heavy atom. The number of fused-ring (bicyclic) bond motifs is 1. The number of aromatic amines is 1. The van der Waals surface area contributed by atoms with Crippen LogP contribution in [0.3, 0.4) is 0 Å². The molecule has 0 atom stereocenters. The number of nitrogens with zero attached hydrogens (tertiary/aromatic N) is 5. The van der Waals surface area contributed by atoms with Gasteiger partial charge in [0.25, 0.3) is 5.56 Å². The van der Waals surface area contributed by atoms with Crippen molar-refractivity contribution in [3.05, 3.63) is 40.1 Å². The van der Waals surface area contributed by atoms with Crippen molar-refractivity contribution < 1.29 is 4.74 Å². The predicted molar refractivity (Wildman–Crippen MR) is 126 cm³/mol. The first-order valence-corrected chi connectivity index (χ1v) is 11.5. The number of aryl methyl sites for hydroxylation is 2. The number of nitrogens with one attached hydrogen (secondary N) is 2. The third-order valence-electron chi connectivity index (χ3n) is 5.86. The van der Waals surface area contributed by atoms with Gasteiger partial charge in [-0.05, 0) is 45.0 Å². The third-order valence-corrected chi connectivity index (χ3v) is 5.86. The molecule has 0 saturated carbocycles. The van der Waals surface area contributed by atoms with E-state index in [1.807, 2.05) is 32.0 Å². The summed E-state index contributed by atoms with van der Waals surface area (Å²) >= 11 is 0. The number of piperazine rings is 1. The van der Waals surface area contributed by atoms with Crippen molar-refractivity contribution in [2.75, 3.05) is 44.8 Å². The Kier molecular flexibility index (Phi) is 6.76. The molecule has 0 amide bonds. The van der Waals surface area contributed by atoms with Crippen LogP contribution in [0.2, 0.25) is 0 Å². The molecule has 0 spiro atoms. The lowest BCUT2D eigenvalue weighted by Crippen LogP contribution is -2.48. The van der Waals surface area contributed by atoms with Gasteiger partial charge in [-0.3, -0.25) is 4.79 Å². The van der Waals surface area contributed by atoms with E-state index in [1.54, 1.807) is 4.52 Å². The molecule has 0 unspecified atom stereocenters. The number of ether oxygens (including phenoxy) is 1. The lowest BCUT2D eigenvalue weighted by molar-refractivity contribution is 0.159. The molecule has 1 saturated heterocycles. The van der Waals surface area contributed by atoms with Crippen molar-refractivity contribution in [1.82, 2.24) is 29.5 Å². The maximum atomic E-state index is 12.9. The Morgan fingerprint density at radius 1 is 1.16 bits per heavy atom. The zero-order chi connectivity index (χ0) is 22.7. The molecule has 0 radical (unpaired) electrons. The molecule has 0 aliphatic carbocycles. The van der Waals surface area contributed by atoms with Gasteiger partial charge in [0.2, 0.25) is 0 Å². The summed E-state index contributed by atoms with van der Waals surface area (Å²) in [5, 5.41) is 6.99. The molecule has 9 nitrogen and oxygen atoms in total. The molecule has 2 aromatic heterocycles. The van der Waals surface area contributed by atoms with Crippen molar-refractivity contribution in [2.45, 2.75) is 40.5 Å². The van der Waals surface area contributed by atoms with Gasteiger partial charge in [0.1, 0.15) is 11.6 Å². The summed E-state index contributed by atoms with van der Waals surface area (Å²) in [4.78, 5) is 22.9. The van der Waals surface area contributed by atoms with E-state index in [0.29, 0.717) is 29.4 Å². The normalized spacial score (nSPS) is 15.4. The number of imidazole rings is 1. The number of hydrogen-bond acceptors (Lipinski definition) is 7. The first-order valence-electron chi connectivity index (χ1n) is 11.5. The van der Waals surface area contributed by atoms with E-state index >= 15 is 0 Å². The van der Waals surface area contributed by atoms with Crippen LogP contribution in [0.4, 0.5) is 5.69 Å². The number of H-pyrrole nitrogens is 1. The maximum Gasteiger partial charge on any atom is 0.277 e. The second-order valence-electron chi connectivity index (χ2n) is 8.10. The minimum absolute atomic E-state index is 0.196. The van der Waals surface area contributed by atoms with Crippen molar-refractivity contribution in [2.24, 2.45) is 0 Å². The molecule has 1 aliphatic rings. The molecular weight excluding hydrogens is 406 g/mol. The number of aromatic nitrogens is 4. The van der Waals surface area contributed by atoms with Gasteiger partial charge >= 0.3 is 0 Å². The van der Waals surface area contributed by atoms with Crippen LogP contribution in [0.5, 0.6) is 5.75 Å². The molecule has 3 aromatic rings. The van der Waals surface area contributed by atoms with E-state index in [4.69, 9.17) is 9.84 Å². The molecule has 172 valence electrons. The number of benzene rings is 1. The summed E-state index contributed by atoms with van der Waals surface area (Å²) in [5.74, 6) is 1.96. The zero-order valence-corrected chi connectivity index (χ0v) is 19.4. The van der Waals surface area contributed by atoms with Gasteiger partial charge in [-0.25, -0.2) is 14.5 Å². The SMILES string of the molecule is CCCc1nc(C)c2c(=O)[nH]c(-c3cc(NN4CCN(CC)CC4)ccc3OCC)nn12. The van der Waals surface area contributed by atoms with Gasteiger partial charge in [-0.1, -0.05) is 13.8 Å². The minimum Gasteiger partial charge on any atom is -0.493 e. The zero-order valence-electron chi connectivity index (χ0n) is 19.4. The quantitative estimate of drug-likeness (QED) is 0.558. The highest BCUT2D eigenvalue weighted by molar-refractivity contribution is 5.70. The second-order valence-corrected chi connectivity index (χ2v) is 8.10. The first-order chi connectivity index (χ1) is 15.5. The predicted octanol–water partition coefficient (Wildman–Crippen LogP) is 2.71. The Balaban J connectivity index is 1.71. The van der Waals surface area contributed by atoms with Crippen LogP contribution in [-0.4, -0.2) is 68.8 Å². The summed E-state index contributed by atoms with van der Waals surface area (Å²) in [6, 6.07) is 5.92. The Hall–Kier alpha value is -2.91. The lowest BCUT2D eigenvalue weighted by Gasteiger charge is -2.34. The van der Waals surface area contributed by atoms with E-state index < -0.39 is 0 Å². The van der Waals surface area contributed by atoms with E-state index in [0.717, 1.165) is 62.6 Å². The van der Waals surface area contributed by atoms with E-state index in [-0.39, 0.29) is 5.56 Å². The molecule has 4 rings (SSSR count). The lowest BCUT2D eigenvalue weighted by atomic mass is 10.1. The van der Waals surface area contributed by atoms with Crippen molar-refractivity contribution in [3.63, 3.8) is 0 Å². The first kappa shape index (κ1) is 22.3. The Morgan fingerprint density at radius 3 is 2.62 bits per heavy atom. The van der Waals surface area contributed by atoms with Crippen LogP contribution in [0.15, 0.2) is 23.0 Å². The Bertz CT molecular complexity index is 1130. The summed E-state index contributed by atoms with van der Waals surface area (Å²) in [7, 11) is 0. The topological polar surface area (TPSA) is 90.8 Å². The highest BCUT2D eigenvalue weighted by atomic mass is 16.5. The van der Waals surface area contributed by atoms with Crippen LogP contribution < -0.4 is 15.7 Å². The average molecular weight is 440 g/mol. The van der Waals surface area contributed by atoms with Gasteiger partial charge in [-0.2, -0.15) is 0 Å². The maximum absolute atomic E-state index is 12.9. The number of likely N-dealkylation sites (N-methyl/N-ethyl adjacent to an activating group) is 1. The van der Waals surface area contributed by atoms with Crippen LogP contribution in [0.1, 0.15) is 38.7 Å². The number of rotatable bonds is 8. The highest BCUT2D eigenvalue weighted by Gasteiger charge is 2.19. The van der Waals surface area contributed by atoms with Gasteiger partial charge < -0.3 is 20.0 Å². The van der Waals surface area contributed by atoms with E-state index in [2.05, 4.69) is 39.2 Å². The molecule has 2 N–H and O–H groups in total. The average Bonchev–Trinajstić information content (AvgIpc) is 3.11. The fourth-order valence-electron chi connectivity index (χ4n) is 4.17. The molecule has 9 heteroatoms. The standard InChI is InChI=1S/C23H33N7O2/c1-5-8-20-24-16(4)21-23(31)25-22(27-30(20)21)18-15-17(9-10-19(18)32-7-3)26-29-13-11-28(6-2)12-14-29/h9-10,15,26H,5-8,11-14H2,1-4H3,(H,25,27,31). The van der Waals surface area contributed by atoms with Gasteiger partial charge in [0, 0.05) is 38.3 Å². The molecule has 1 aliphatic heterocycles. The second kappa shape index (κ2) is 9.70. The highest BCUT2D eigenvalue weighted by Crippen LogP contribution is 2.31. The Labute approximate surface area is 188 Å². The van der Waals surface area contributed by atoms with Crippen LogP contribution in [0, 0.1) is 6.92 Å². The molecular formula is C23H33N7O2. The smallest absolute Gasteiger partial charge is 0.277 e. The number of hydrogen-bond donors (Lipinski definition) is 2.